The number of carbonyl (C=O) groups excluding carboxylic acids is 1. The second-order valence-corrected chi connectivity index (χ2v) is 6.90. The van der Waals surface area contributed by atoms with Crippen LogP contribution in [0.2, 0.25) is 0 Å². The van der Waals surface area contributed by atoms with Crippen molar-refractivity contribution in [1.29, 1.82) is 0 Å². The molecule has 20 heavy (non-hydrogen) atoms. The van der Waals surface area contributed by atoms with Gasteiger partial charge >= 0.3 is 0 Å². The highest BCUT2D eigenvalue weighted by Crippen LogP contribution is 2.36. The van der Waals surface area contributed by atoms with Crippen LogP contribution in [0.5, 0.6) is 0 Å². The first-order chi connectivity index (χ1) is 9.50. The first-order valence-electron chi connectivity index (χ1n) is 8.51. The summed E-state index contributed by atoms with van der Waals surface area (Å²) in [7, 11) is 0. The first-order valence-corrected chi connectivity index (χ1v) is 8.51. The third-order valence-corrected chi connectivity index (χ3v) is 4.50. The lowest BCUT2D eigenvalue weighted by Crippen LogP contribution is -2.49. The summed E-state index contributed by atoms with van der Waals surface area (Å²) in [5.41, 5.74) is 5.75. The highest BCUT2D eigenvalue weighted by Gasteiger charge is 2.43. The topological polar surface area (TPSA) is 46.3 Å². The molecule has 0 bridgehead atoms. The van der Waals surface area contributed by atoms with Crippen molar-refractivity contribution in [3.05, 3.63) is 0 Å². The smallest absolute Gasteiger partial charge is 0.230 e. The molecule has 3 nitrogen and oxygen atoms in total. The molecule has 0 radical (unpaired) electrons. The summed E-state index contributed by atoms with van der Waals surface area (Å²) in [5.74, 6) is 0.987. The zero-order chi connectivity index (χ0) is 15.2. The Balaban J connectivity index is 2.82. The van der Waals surface area contributed by atoms with Crippen LogP contribution in [0, 0.1) is 11.3 Å². The van der Waals surface area contributed by atoms with Crippen molar-refractivity contribution in [2.75, 3.05) is 13.1 Å². The summed E-state index contributed by atoms with van der Waals surface area (Å²) >= 11 is 0. The van der Waals surface area contributed by atoms with E-state index in [2.05, 4.69) is 32.6 Å². The van der Waals surface area contributed by atoms with Gasteiger partial charge in [-0.1, -0.05) is 40.5 Å². The average molecular weight is 282 g/mol. The maximum absolute atomic E-state index is 13.1. The second-order valence-electron chi connectivity index (χ2n) is 6.90. The van der Waals surface area contributed by atoms with E-state index >= 15 is 0 Å². The van der Waals surface area contributed by atoms with Crippen molar-refractivity contribution >= 4 is 5.91 Å². The van der Waals surface area contributed by atoms with Crippen molar-refractivity contribution in [2.45, 2.75) is 78.7 Å². The maximum atomic E-state index is 13.1. The van der Waals surface area contributed by atoms with E-state index < -0.39 is 0 Å². The van der Waals surface area contributed by atoms with Gasteiger partial charge in [0.15, 0.2) is 0 Å². The summed E-state index contributed by atoms with van der Waals surface area (Å²) in [6.07, 6.45) is 7.39. The van der Waals surface area contributed by atoms with Gasteiger partial charge in [0.25, 0.3) is 0 Å². The van der Waals surface area contributed by atoms with Gasteiger partial charge in [-0.25, -0.2) is 0 Å². The molecule has 1 amide bonds. The number of amides is 1. The van der Waals surface area contributed by atoms with Crippen LogP contribution in [-0.4, -0.2) is 29.9 Å². The molecule has 0 unspecified atom stereocenters. The van der Waals surface area contributed by atoms with E-state index in [1.165, 1.54) is 12.8 Å². The summed E-state index contributed by atoms with van der Waals surface area (Å²) in [6, 6.07) is 0.501. The molecule has 0 atom stereocenters. The molecule has 0 aromatic rings. The third-order valence-electron chi connectivity index (χ3n) is 4.50. The van der Waals surface area contributed by atoms with E-state index in [1.807, 2.05) is 0 Å². The zero-order valence-corrected chi connectivity index (χ0v) is 14.0. The van der Waals surface area contributed by atoms with Gasteiger partial charge in [0.1, 0.15) is 0 Å². The van der Waals surface area contributed by atoms with Gasteiger partial charge < -0.3 is 10.6 Å². The van der Waals surface area contributed by atoms with Crippen LogP contribution in [0.3, 0.4) is 0 Å². The van der Waals surface area contributed by atoms with E-state index in [-0.39, 0.29) is 5.41 Å². The number of nitrogens with zero attached hydrogens (tertiary/aromatic N) is 1. The van der Waals surface area contributed by atoms with Gasteiger partial charge in [-0.3, -0.25) is 4.79 Å². The SMILES string of the molecule is CCCC(CN)(CCC)C(=O)N(CCC(C)C)C1CC1. The van der Waals surface area contributed by atoms with Crippen LogP contribution in [-0.2, 0) is 4.79 Å². The minimum atomic E-state index is -0.303. The average Bonchev–Trinajstić information content (AvgIpc) is 3.22. The number of hydrogen-bond donors (Lipinski definition) is 1. The van der Waals surface area contributed by atoms with E-state index in [9.17, 15) is 4.79 Å². The van der Waals surface area contributed by atoms with E-state index in [0.717, 1.165) is 38.6 Å². The Kier molecular flexibility index (Phi) is 7.01. The van der Waals surface area contributed by atoms with E-state index in [0.29, 0.717) is 24.4 Å². The Labute approximate surface area is 125 Å². The Hall–Kier alpha value is -0.570. The fourth-order valence-electron chi connectivity index (χ4n) is 3.13. The quantitative estimate of drug-likeness (QED) is 0.666. The molecule has 0 aliphatic heterocycles. The summed E-state index contributed by atoms with van der Waals surface area (Å²) < 4.78 is 0. The van der Waals surface area contributed by atoms with Gasteiger partial charge in [-0.05, 0) is 38.0 Å². The lowest BCUT2D eigenvalue weighted by Gasteiger charge is -2.37. The van der Waals surface area contributed by atoms with Crippen LogP contribution >= 0.6 is 0 Å². The molecular weight excluding hydrogens is 248 g/mol. The Morgan fingerprint density at radius 2 is 1.80 bits per heavy atom. The van der Waals surface area contributed by atoms with Crippen molar-refractivity contribution in [2.24, 2.45) is 17.1 Å². The fraction of sp³-hybridized carbons (Fsp3) is 0.941. The van der Waals surface area contributed by atoms with Crippen molar-refractivity contribution in [3.8, 4) is 0 Å². The van der Waals surface area contributed by atoms with Gasteiger partial charge in [0, 0.05) is 19.1 Å². The minimum Gasteiger partial charge on any atom is -0.339 e. The normalized spacial score (nSPS) is 15.7. The molecule has 2 N–H and O–H groups in total. The van der Waals surface area contributed by atoms with Crippen LogP contribution in [0.25, 0.3) is 0 Å². The summed E-state index contributed by atoms with van der Waals surface area (Å²) in [5, 5.41) is 0. The standard InChI is InChI=1S/C17H34N2O/c1-5-10-17(13-18,11-6-2)16(20)19(15-7-8-15)12-9-14(3)4/h14-15H,5-13,18H2,1-4H3. The highest BCUT2D eigenvalue weighted by molar-refractivity contribution is 5.83. The van der Waals surface area contributed by atoms with Crippen LogP contribution in [0.4, 0.5) is 0 Å². The third kappa shape index (κ3) is 4.47. The minimum absolute atomic E-state index is 0.303. The predicted octanol–water partition coefficient (Wildman–Crippen LogP) is 3.57. The molecule has 0 aromatic carbocycles. The molecule has 0 spiro atoms. The summed E-state index contributed by atoms with van der Waals surface area (Å²) in [4.78, 5) is 15.3. The van der Waals surface area contributed by atoms with Crippen LogP contribution < -0.4 is 5.73 Å². The molecule has 0 aromatic heterocycles. The van der Waals surface area contributed by atoms with Gasteiger partial charge in [0.05, 0.1) is 5.41 Å². The van der Waals surface area contributed by atoms with E-state index in [4.69, 9.17) is 5.73 Å². The van der Waals surface area contributed by atoms with Gasteiger partial charge in [0.2, 0.25) is 5.91 Å². The number of nitrogens with two attached hydrogens (primary N) is 1. The predicted molar refractivity (Wildman–Crippen MR) is 85.5 cm³/mol. The fourth-order valence-corrected chi connectivity index (χ4v) is 3.13. The Morgan fingerprint density at radius 3 is 2.15 bits per heavy atom. The highest BCUT2D eigenvalue weighted by atomic mass is 16.2. The molecule has 3 heteroatoms. The zero-order valence-electron chi connectivity index (χ0n) is 14.0. The van der Waals surface area contributed by atoms with Crippen molar-refractivity contribution in [1.82, 2.24) is 4.90 Å². The molecule has 1 aliphatic rings. The van der Waals surface area contributed by atoms with E-state index in [1.54, 1.807) is 0 Å². The largest absolute Gasteiger partial charge is 0.339 e. The lowest BCUT2D eigenvalue weighted by atomic mass is 9.77. The first kappa shape index (κ1) is 17.5. The molecule has 1 fully saturated rings. The number of carbonyl (C=O) groups is 1. The summed E-state index contributed by atoms with van der Waals surface area (Å²) in [6.45, 7) is 10.2. The Morgan fingerprint density at radius 1 is 1.25 bits per heavy atom. The molecular formula is C17H34N2O. The van der Waals surface area contributed by atoms with Gasteiger partial charge in [-0.2, -0.15) is 0 Å². The van der Waals surface area contributed by atoms with Gasteiger partial charge in [-0.15, -0.1) is 0 Å². The molecule has 118 valence electrons. The maximum Gasteiger partial charge on any atom is 0.230 e. The monoisotopic (exact) mass is 282 g/mol. The second kappa shape index (κ2) is 8.02. The van der Waals surface area contributed by atoms with Crippen LogP contribution in [0.1, 0.15) is 72.6 Å². The van der Waals surface area contributed by atoms with Crippen molar-refractivity contribution < 1.29 is 4.79 Å². The number of hydrogen-bond acceptors (Lipinski definition) is 2. The molecule has 1 aliphatic carbocycles. The number of rotatable bonds is 10. The van der Waals surface area contributed by atoms with Crippen molar-refractivity contribution in [3.63, 3.8) is 0 Å². The van der Waals surface area contributed by atoms with Crippen LogP contribution in [0.15, 0.2) is 0 Å². The molecule has 1 rings (SSSR count). The Bertz CT molecular complexity index is 291. The lowest BCUT2D eigenvalue weighted by molar-refractivity contribution is -0.143. The molecule has 1 saturated carbocycles. The molecule has 0 saturated heterocycles. The molecule has 0 heterocycles.